The predicted octanol–water partition coefficient (Wildman–Crippen LogP) is 3.99. The first-order valence-corrected chi connectivity index (χ1v) is 7.06. The van der Waals surface area contributed by atoms with Crippen molar-refractivity contribution in [3.05, 3.63) is 29.6 Å². The van der Waals surface area contributed by atoms with Crippen LogP contribution in [0.5, 0.6) is 0 Å². The number of esters is 1. The molecule has 0 aliphatic heterocycles. The van der Waals surface area contributed by atoms with E-state index in [4.69, 9.17) is 0 Å². The van der Waals surface area contributed by atoms with Gasteiger partial charge in [-0.15, -0.1) is 0 Å². The molecule has 1 aromatic carbocycles. The number of hydrogen-bond acceptors (Lipinski definition) is 3. The second-order valence-electron chi connectivity index (χ2n) is 6.29. The Bertz CT molecular complexity index is 499. The zero-order valence-corrected chi connectivity index (χ0v) is 12.3. The molecule has 1 aliphatic carbocycles. The molecule has 4 heteroatoms. The number of benzene rings is 1. The lowest BCUT2D eigenvalue weighted by atomic mass is 9.75. The van der Waals surface area contributed by atoms with Crippen molar-refractivity contribution in [1.29, 1.82) is 0 Å². The molecule has 1 unspecified atom stereocenters. The summed E-state index contributed by atoms with van der Waals surface area (Å²) in [6.45, 7) is 4.54. The van der Waals surface area contributed by atoms with Crippen LogP contribution in [0.15, 0.2) is 18.2 Å². The van der Waals surface area contributed by atoms with Crippen molar-refractivity contribution in [1.82, 2.24) is 0 Å². The standard InChI is InChI=1S/C16H22FNO2/c1-16(2)8-4-5-12(10-16)18-11-6-7-14(17)13(9-11)15(19)20-3/h6-7,9,12,18H,4-5,8,10H2,1-3H3. The summed E-state index contributed by atoms with van der Waals surface area (Å²) in [4.78, 5) is 11.5. The van der Waals surface area contributed by atoms with Crippen LogP contribution in [0.25, 0.3) is 0 Å². The van der Waals surface area contributed by atoms with Crippen LogP contribution in [0.1, 0.15) is 49.9 Å². The number of anilines is 1. The fourth-order valence-electron chi connectivity index (χ4n) is 2.94. The Kier molecular flexibility index (Phi) is 4.31. The Morgan fingerprint density at radius 2 is 2.20 bits per heavy atom. The van der Waals surface area contributed by atoms with Crippen LogP contribution in [0.4, 0.5) is 10.1 Å². The normalized spacial score (nSPS) is 21.3. The minimum atomic E-state index is -0.643. The van der Waals surface area contributed by atoms with Crippen molar-refractivity contribution in [2.75, 3.05) is 12.4 Å². The Morgan fingerprint density at radius 3 is 2.85 bits per heavy atom. The maximum Gasteiger partial charge on any atom is 0.340 e. The van der Waals surface area contributed by atoms with E-state index in [9.17, 15) is 9.18 Å². The summed E-state index contributed by atoms with van der Waals surface area (Å²) in [5.74, 6) is -1.19. The molecule has 1 N–H and O–H groups in total. The zero-order chi connectivity index (χ0) is 14.8. The minimum absolute atomic E-state index is 0.0208. The van der Waals surface area contributed by atoms with E-state index >= 15 is 0 Å². The summed E-state index contributed by atoms with van der Waals surface area (Å²) < 4.78 is 18.2. The fourth-order valence-corrected chi connectivity index (χ4v) is 2.94. The lowest BCUT2D eigenvalue weighted by molar-refractivity contribution is 0.0595. The molecular weight excluding hydrogens is 257 g/mol. The summed E-state index contributed by atoms with van der Waals surface area (Å²) >= 11 is 0. The Morgan fingerprint density at radius 1 is 1.45 bits per heavy atom. The molecule has 0 heterocycles. The SMILES string of the molecule is COC(=O)c1cc(NC2CCCC(C)(C)C2)ccc1F. The number of carbonyl (C=O) groups excluding carboxylic acids is 1. The van der Waals surface area contributed by atoms with Crippen molar-refractivity contribution < 1.29 is 13.9 Å². The molecule has 110 valence electrons. The van der Waals surface area contributed by atoms with Gasteiger partial charge in [-0.25, -0.2) is 9.18 Å². The van der Waals surface area contributed by atoms with Gasteiger partial charge in [0.15, 0.2) is 0 Å². The topological polar surface area (TPSA) is 38.3 Å². The molecule has 0 bridgehead atoms. The van der Waals surface area contributed by atoms with Crippen molar-refractivity contribution in [2.45, 2.75) is 45.6 Å². The second kappa shape index (κ2) is 5.81. The summed E-state index contributed by atoms with van der Waals surface area (Å²) in [6.07, 6.45) is 4.62. The van der Waals surface area contributed by atoms with E-state index in [0.717, 1.165) is 18.5 Å². The third kappa shape index (κ3) is 3.50. The van der Waals surface area contributed by atoms with Crippen LogP contribution in [-0.2, 0) is 4.74 Å². The molecule has 1 aliphatic rings. The van der Waals surface area contributed by atoms with Gasteiger partial charge in [0.05, 0.1) is 12.7 Å². The first kappa shape index (κ1) is 14.8. The number of methoxy groups -OCH3 is 1. The molecule has 0 aromatic heterocycles. The van der Waals surface area contributed by atoms with Crippen molar-refractivity contribution in [3.63, 3.8) is 0 Å². The lowest BCUT2D eigenvalue weighted by Crippen LogP contribution is -2.31. The molecule has 20 heavy (non-hydrogen) atoms. The van der Waals surface area contributed by atoms with Crippen LogP contribution in [0, 0.1) is 11.2 Å². The molecule has 0 spiro atoms. The van der Waals surface area contributed by atoms with Gasteiger partial charge in [-0.3, -0.25) is 0 Å². The van der Waals surface area contributed by atoms with Gasteiger partial charge in [0.1, 0.15) is 5.82 Å². The first-order chi connectivity index (χ1) is 9.41. The molecule has 3 nitrogen and oxygen atoms in total. The van der Waals surface area contributed by atoms with Crippen molar-refractivity contribution in [2.24, 2.45) is 5.41 Å². The third-order valence-electron chi connectivity index (χ3n) is 3.95. The second-order valence-corrected chi connectivity index (χ2v) is 6.29. The van der Waals surface area contributed by atoms with E-state index in [2.05, 4.69) is 23.9 Å². The third-order valence-corrected chi connectivity index (χ3v) is 3.95. The lowest BCUT2D eigenvalue weighted by Gasteiger charge is -2.36. The predicted molar refractivity (Wildman–Crippen MR) is 77.4 cm³/mol. The molecule has 0 saturated heterocycles. The molecule has 2 rings (SSSR count). The summed E-state index contributed by atoms with van der Waals surface area (Å²) in [5.41, 5.74) is 1.09. The van der Waals surface area contributed by atoms with Crippen molar-refractivity contribution >= 4 is 11.7 Å². The Labute approximate surface area is 119 Å². The van der Waals surface area contributed by atoms with Gasteiger partial charge >= 0.3 is 5.97 Å². The average Bonchev–Trinajstić information content (AvgIpc) is 2.39. The maximum absolute atomic E-state index is 13.6. The largest absolute Gasteiger partial charge is 0.465 e. The molecule has 1 atom stereocenters. The Hall–Kier alpha value is -1.58. The molecule has 1 fully saturated rings. The highest BCUT2D eigenvalue weighted by atomic mass is 19.1. The van der Waals surface area contributed by atoms with E-state index in [1.165, 1.54) is 32.1 Å². The number of nitrogens with one attached hydrogen (secondary N) is 1. The van der Waals surface area contributed by atoms with E-state index in [1.54, 1.807) is 6.07 Å². The van der Waals surface area contributed by atoms with Gasteiger partial charge in [-0.05, 0) is 42.9 Å². The van der Waals surface area contributed by atoms with Crippen LogP contribution >= 0.6 is 0 Å². The quantitative estimate of drug-likeness (QED) is 0.850. The molecule has 0 amide bonds. The summed E-state index contributed by atoms with van der Waals surface area (Å²) in [7, 11) is 1.26. The number of carbonyl (C=O) groups is 1. The fraction of sp³-hybridized carbons (Fsp3) is 0.562. The molecule has 1 saturated carbocycles. The van der Waals surface area contributed by atoms with Gasteiger partial charge in [-0.2, -0.15) is 0 Å². The van der Waals surface area contributed by atoms with E-state index < -0.39 is 11.8 Å². The van der Waals surface area contributed by atoms with Crippen LogP contribution in [0.3, 0.4) is 0 Å². The van der Waals surface area contributed by atoms with Gasteiger partial charge < -0.3 is 10.1 Å². The minimum Gasteiger partial charge on any atom is -0.465 e. The Balaban J connectivity index is 2.12. The summed E-state index contributed by atoms with van der Waals surface area (Å²) in [5, 5.41) is 3.41. The first-order valence-electron chi connectivity index (χ1n) is 7.06. The van der Waals surface area contributed by atoms with Crippen LogP contribution in [-0.4, -0.2) is 19.1 Å². The smallest absolute Gasteiger partial charge is 0.340 e. The highest BCUT2D eigenvalue weighted by Crippen LogP contribution is 2.36. The average molecular weight is 279 g/mol. The van der Waals surface area contributed by atoms with Gasteiger partial charge in [0.25, 0.3) is 0 Å². The number of ether oxygens (including phenoxy) is 1. The monoisotopic (exact) mass is 279 g/mol. The molecule has 0 radical (unpaired) electrons. The molecule has 1 aromatic rings. The van der Waals surface area contributed by atoms with Crippen LogP contribution < -0.4 is 5.32 Å². The van der Waals surface area contributed by atoms with E-state index in [0.29, 0.717) is 11.5 Å². The number of hydrogen-bond donors (Lipinski definition) is 1. The van der Waals surface area contributed by atoms with Crippen LogP contribution in [0.2, 0.25) is 0 Å². The van der Waals surface area contributed by atoms with E-state index in [1.807, 2.05) is 0 Å². The highest BCUT2D eigenvalue weighted by Gasteiger charge is 2.28. The van der Waals surface area contributed by atoms with E-state index in [-0.39, 0.29) is 5.56 Å². The number of rotatable bonds is 3. The number of halogens is 1. The zero-order valence-electron chi connectivity index (χ0n) is 12.3. The van der Waals surface area contributed by atoms with Crippen molar-refractivity contribution in [3.8, 4) is 0 Å². The maximum atomic E-state index is 13.6. The summed E-state index contributed by atoms with van der Waals surface area (Å²) in [6, 6.07) is 4.88. The molecular formula is C16H22FNO2. The van der Waals surface area contributed by atoms with Gasteiger partial charge in [0, 0.05) is 11.7 Å². The van der Waals surface area contributed by atoms with Gasteiger partial charge in [-0.1, -0.05) is 20.3 Å². The highest BCUT2D eigenvalue weighted by molar-refractivity contribution is 5.90. The van der Waals surface area contributed by atoms with Gasteiger partial charge in [0.2, 0.25) is 0 Å².